The minimum Gasteiger partial charge on any atom is -0.438 e. The summed E-state index contributed by atoms with van der Waals surface area (Å²) < 4.78 is 9.98. The highest BCUT2D eigenvalue weighted by atomic mass is 16.7. The van der Waals surface area contributed by atoms with Crippen LogP contribution < -0.4 is 0 Å². The fourth-order valence-electron chi connectivity index (χ4n) is 2.57. The third kappa shape index (κ3) is 14.0. The second kappa shape index (κ2) is 15.7. The summed E-state index contributed by atoms with van der Waals surface area (Å²) in [5.41, 5.74) is 0. The molecule has 0 aliphatic carbocycles. The minimum absolute atomic E-state index is 0.0462. The lowest BCUT2D eigenvalue weighted by atomic mass is 10.0. The SMILES string of the molecule is CCCCCCCCCC(CCCCCC)OC(=O)OC. The first-order valence-corrected chi connectivity index (χ1v) is 8.99. The second-order valence-electron chi connectivity index (χ2n) is 5.95. The van der Waals surface area contributed by atoms with Crippen molar-refractivity contribution in [3.8, 4) is 0 Å². The van der Waals surface area contributed by atoms with E-state index in [2.05, 4.69) is 18.6 Å². The quantitative estimate of drug-likeness (QED) is 0.281. The molecule has 0 bridgehead atoms. The molecule has 0 aliphatic rings. The van der Waals surface area contributed by atoms with Gasteiger partial charge in [-0.1, -0.05) is 71.6 Å². The maximum atomic E-state index is 11.3. The lowest BCUT2D eigenvalue weighted by molar-refractivity contribution is 0.0287. The largest absolute Gasteiger partial charge is 0.508 e. The van der Waals surface area contributed by atoms with Crippen LogP contribution in [0, 0.1) is 0 Å². The van der Waals surface area contributed by atoms with E-state index in [4.69, 9.17) is 4.74 Å². The van der Waals surface area contributed by atoms with E-state index in [1.807, 2.05) is 0 Å². The fraction of sp³-hybridized carbons (Fsp3) is 0.944. The molecular weight excluding hydrogens is 264 g/mol. The summed E-state index contributed by atoms with van der Waals surface area (Å²) in [5.74, 6) is 0. The summed E-state index contributed by atoms with van der Waals surface area (Å²) in [6, 6.07) is 0. The van der Waals surface area contributed by atoms with Crippen LogP contribution in [0.4, 0.5) is 4.79 Å². The Kier molecular flexibility index (Phi) is 15.1. The molecule has 0 spiro atoms. The Labute approximate surface area is 131 Å². The highest BCUT2D eigenvalue weighted by molar-refractivity contribution is 5.59. The van der Waals surface area contributed by atoms with Gasteiger partial charge in [0.15, 0.2) is 0 Å². The van der Waals surface area contributed by atoms with E-state index >= 15 is 0 Å². The summed E-state index contributed by atoms with van der Waals surface area (Å²) in [5, 5.41) is 0. The van der Waals surface area contributed by atoms with Crippen LogP contribution >= 0.6 is 0 Å². The molecule has 1 atom stereocenters. The van der Waals surface area contributed by atoms with Crippen LogP contribution in [0.1, 0.15) is 97.3 Å². The summed E-state index contributed by atoms with van der Waals surface area (Å²) in [7, 11) is 1.38. The van der Waals surface area contributed by atoms with E-state index in [1.165, 1.54) is 64.9 Å². The van der Waals surface area contributed by atoms with Gasteiger partial charge in [-0.3, -0.25) is 0 Å². The van der Waals surface area contributed by atoms with Crippen molar-refractivity contribution in [2.75, 3.05) is 7.11 Å². The van der Waals surface area contributed by atoms with Crippen LogP contribution in [0.2, 0.25) is 0 Å². The minimum atomic E-state index is -0.529. The maximum absolute atomic E-state index is 11.3. The molecule has 0 aromatic heterocycles. The van der Waals surface area contributed by atoms with Crippen molar-refractivity contribution >= 4 is 6.16 Å². The summed E-state index contributed by atoms with van der Waals surface area (Å²) in [6.07, 6.45) is 15.4. The lowest BCUT2D eigenvalue weighted by Crippen LogP contribution is -2.18. The van der Waals surface area contributed by atoms with Crippen LogP contribution in [0.15, 0.2) is 0 Å². The number of rotatable bonds is 14. The average molecular weight is 300 g/mol. The van der Waals surface area contributed by atoms with Gasteiger partial charge in [-0.2, -0.15) is 0 Å². The molecule has 0 amide bonds. The van der Waals surface area contributed by atoms with E-state index < -0.39 is 6.16 Å². The maximum Gasteiger partial charge on any atom is 0.508 e. The molecule has 0 rings (SSSR count). The normalized spacial score (nSPS) is 12.1. The Morgan fingerprint density at radius 3 is 1.67 bits per heavy atom. The van der Waals surface area contributed by atoms with Gasteiger partial charge in [0.05, 0.1) is 7.11 Å². The molecule has 3 nitrogen and oxygen atoms in total. The topological polar surface area (TPSA) is 35.5 Å². The van der Waals surface area contributed by atoms with Crippen LogP contribution in [0.5, 0.6) is 0 Å². The van der Waals surface area contributed by atoms with E-state index in [0.29, 0.717) is 0 Å². The van der Waals surface area contributed by atoms with Crippen molar-refractivity contribution in [2.24, 2.45) is 0 Å². The van der Waals surface area contributed by atoms with Gasteiger partial charge in [0.1, 0.15) is 6.10 Å². The Morgan fingerprint density at radius 2 is 1.19 bits per heavy atom. The molecule has 0 heterocycles. The molecule has 0 fully saturated rings. The number of carbonyl (C=O) groups is 1. The van der Waals surface area contributed by atoms with Crippen LogP contribution in [-0.2, 0) is 9.47 Å². The van der Waals surface area contributed by atoms with Crippen molar-refractivity contribution in [3.63, 3.8) is 0 Å². The first-order valence-electron chi connectivity index (χ1n) is 8.99. The fourth-order valence-corrected chi connectivity index (χ4v) is 2.57. The summed E-state index contributed by atoms with van der Waals surface area (Å²) in [6.45, 7) is 4.45. The number of methoxy groups -OCH3 is 1. The van der Waals surface area contributed by atoms with Gasteiger partial charge in [-0.05, 0) is 25.7 Å². The van der Waals surface area contributed by atoms with Crippen LogP contribution in [0.3, 0.4) is 0 Å². The molecule has 0 radical (unpaired) electrons. The van der Waals surface area contributed by atoms with Gasteiger partial charge >= 0.3 is 6.16 Å². The van der Waals surface area contributed by atoms with Crippen molar-refractivity contribution in [2.45, 2.75) is 103 Å². The number of hydrogen-bond donors (Lipinski definition) is 0. The van der Waals surface area contributed by atoms with Gasteiger partial charge < -0.3 is 9.47 Å². The number of ether oxygens (including phenoxy) is 2. The third-order valence-corrected chi connectivity index (χ3v) is 3.94. The third-order valence-electron chi connectivity index (χ3n) is 3.94. The van der Waals surface area contributed by atoms with Gasteiger partial charge in [0.2, 0.25) is 0 Å². The standard InChI is InChI=1S/C18H36O3/c1-4-6-8-10-11-12-14-16-17(21-18(19)20-3)15-13-9-7-5-2/h17H,4-16H2,1-3H3. The molecule has 0 aliphatic heterocycles. The summed E-state index contributed by atoms with van der Waals surface area (Å²) >= 11 is 0. The van der Waals surface area contributed by atoms with E-state index in [9.17, 15) is 4.79 Å². The number of hydrogen-bond acceptors (Lipinski definition) is 3. The molecular formula is C18H36O3. The van der Waals surface area contributed by atoms with Crippen molar-refractivity contribution < 1.29 is 14.3 Å². The molecule has 126 valence electrons. The van der Waals surface area contributed by atoms with Crippen molar-refractivity contribution in [1.82, 2.24) is 0 Å². The molecule has 0 aromatic carbocycles. The first kappa shape index (κ1) is 20.3. The van der Waals surface area contributed by atoms with Crippen molar-refractivity contribution in [3.05, 3.63) is 0 Å². The zero-order chi connectivity index (χ0) is 15.8. The Balaban J connectivity index is 3.74. The Bertz CT molecular complexity index is 229. The molecule has 1 unspecified atom stereocenters. The molecule has 0 N–H and O–H groups in total. The van der Waals surface area contributed by atoms with E-state index in [0.717, 1.165) is 25.7 Å². The van der Waals surface area contributed by atoms with Crippen LogP contribution in [-0.4, -0.2) is 19.4 Å². The van der Waals surface area contributed by atoms with Crippen LogP contribution in [0.25, 0.3) is 0 Å². The molecule has 0 saturated carbocycles. The second-order valence-corrected chi connectivity index (χ2v) is 5.95. The number of unbranched alkanes of at least 4 members (excludes halogenated alkanes) is 9. The van der Waals surface area contributed by atoms with Gasteiger partial charge in [0.25, 0.3) is 0 Å². The molecule has 21 heavy (non-hydrogen) atoms. The highest BCUT2D eigenvalue weighted by Gasteiger charge is 2.14. The zero-order valence-electron chi connectivity index (χ0n) is 14.5. The predicted molar refractivity (Wildman–Crippen MR) is 88.6 cm³/mol. The smallest absolute Gasteiger partial charge is 0.438 e. The molecule has 0 saturated heterocycles. The average Bonchev–Trinajstić information content (AvgIpc) is 2.50. The van der Waals surface area contributed by atoms with Gasteiger partial charge in [0, 0.05) is 0 Å². The lowest BCUT2D eigenvalue weighted by Gasteiger charge is -2.17. The highest BCUT2D eigenvalue weighted by Crippen LogP contribution is 2.16. The van der Waals surface area contributed by atoms with E-state index in [1.54, 1.807) is 0 Å². The monoisotopic (exact) mass is 300 g/mol. The van der Waals surface area contributed by atoms with E-state index in [-0.39, 0.29) is 6.10 Å². The number of carbonyl (C=O) groups excluding carboxylic acids is 1. The Morgan fingerprint density at radius 1 is 0.762 bits per heavy atom. The summed E-state index contributed by atoms with van der Waals surface area (Å²) in [4.78, 5) is 11.3. The van der Waals surface area contributed by atoms with Gasteiger partial charge in [-0.15, -0.1) is 0 Å². The van der Waals surface area contributed by atoms with Gasteiger partial charge in [-0.25, -0.2) is 4.79 Å². The van der Waals surface area contributed by atoms with Crippen molar-refractivity contribution in [1.29, 1.82) is 0 Å². The molecule has 0 aromatic rings. The first-order chi connectivity index (χ1) is 10.2. The molecule has 3 heteroatoms. The zero-order valence-corrected chi connectivity index (χ0v) is 14.5. The Hall–Kier alpha value is -0.730. The predicted octanol–water partition coefficient (Wildman–Crippen LogP) is 6.25.